The first-order valence-electron chi connectivity index (χ1n) is 10.9. The highest BCUT2D eigenvalue weighted by Gasteiger charge is 2.42. The Morgan fingerprint density at radius 3 is 2.65 bits per heavy atom. The highest BCUT2D eigenvalue weighted by atomic mass is 35.5. The van der Waals surface area contributed by atoms with Gasteiger partial charge in [0.15, 0.2) is 0 Å². The van der Waals surface area contributed by atoms with E-state index in [1.54, 1.807) is 42.3 Å². The number of rotatable bonds is 6. The van der Waals surface area contributed by atoms with E-state index in [4.69, 9.17) is 16.3 Å². The second-order valence-electron chi connectivity index (χ2n) is 8.26. The van der Waals surface area contributed by atoms with Crippen molar-refractivity contribution < 1.29 is 13.9 Å². The highest BCUT2D eigenvalue weighted by molar-refractivity contribution is 6.30. The number of aromatic nitrogens is 3. The normalized spacial score (nSPS) is 17.9. The van der Waals surface area contributed by atoms with Crippen molar-refractivity contribution in [1.82, 2.24) is 15.0 Å². The number of nitrogens with zero attached hydrogens (tertiary/aromatic N) is 4. The number of amides is 1. The molecule has 0 N–H and O–H groups in total. The van der Waals surface area contributed by atoms with Crippen LogP contribution in [0.1, 0.15) is 18.0 Å². The Morgan fingerprint density at radius 1 is 1.09 bits per heavy atom. The molecule has 8 heteroatoms. The van der Waals surface area contributed by atoms with Crippen molar-refractivity contribution in [3.63, 3.8) is 0 Å². The van der Waals surface area contributed by atoms with E-state index < -0.39 is 0 Å². The smallest absolute Gasteiger partial charge is 0.228 e. The average Bonchev–Trinajstić information content (AvgIpc) is 3.44. The van der Waals surface area contributed by atoms with Crippen LogP contribution in [0.2, 0.25) is 5.02 Å². The lowest BCUT2D eigenvalue weighted by atomic mass is 9.93. The van der Waals surface area contributed by atoms with Crippen LogP contribution in [0.3, 0.4) is 0 Å². The number of halogens is 2. The molecule has 3 aromatic carbocycles. The van der Waals surface area contributed by atoms with Crippen molar-refractivity contribution in [3.05, 3.63) is 95.4 Å². The number of anilines is 1. The van der Waals surface area contributed by atoms with Crippen LogP contribution in [-0.4, -0.2) is 28.0 Å². The van der Waals surface area contributed by atoms with E-state index in [9.17, 15) is 9.18 Å². The van der Waals surface area contributed by atoms with E-state index in [0.29, 0.717) is 29.2 Å². The molecule has 0 radical (unpaired) electrons. The lowest BCUT2D eigenvalue weighted by Gasteiger charge is -2.29. The lowest BCUT2D eigenvalue weighted by molar-refractivity contribution is -0.117. The van der Waals surface area contributed by atoms with Crippen molar-refractivity contribution in [1.29, 1.82) is 0 Å². The Kier molecular flexibility index (Phi) is 6.02. The summed E-state index contributed by atoms with van der Waals surface area (Å²) in [5.74, 6) is 0.342. The summed E-state index contributed by atoms with van der Waals surface area (Å²) in [5.41, 5.74) is 2.98. The summed E-state index contributed by atoms with van der Waals surface area (Å²) in [6.07, 6.45) is 2.13. The molecule has 2 heterocycles. The molecular weight excluding hydrogens is 455 g/mol. The molecule has 1 aliphatic heterocycles. The molecule has 0 aliphatic carbocycles. The zero-order chi connectivity index (χ0) is 23.7. The van der Waals surface area contributed by atoms with Crippen LogP contribution in [0, 0.1) is 11.7 Å². The zero-order valence-electron chi connectivity index (χ0n) is 18.4. The third-order valence-corrected chi connectivity index (χ3v) is 6.30. The van der Waals surface area contributed by atoms with Crippen LogP contribution >= 0.6 is 11.6 Å². The number of ether oxygens (including phenoxy) is 1. The van der Waals surface area contributed by atoms with Crippen LogP contribution in [0.5, 0.6) is 5.75 Å². The fourth-order valence-electron chi connectivity index (χ4n) is 4.53. The van der Waals surface area contributed by atoms with Crippen molar-refractivity contribution in [2.45, 2.75) is 19.0 Å². The molecule has 0 spiro atoms. The maximum absolute atomic E-state index is 13.6. The van der Waals surface area contributed by atoms with Gasteiger partial charge in [-0.1, -0.05) is 41.1 Å². The van der Waals surface area contributed by atoms with Gasteiger partial charge in [0.2, 0.25) is 5.91 Å². The van der Waals surface area contributed by atoms with Gasteiger partial charge < -0.3 is 9.64 Å². The van der Waals surface area contributed by atoms with Gasteiger partial charge in [-0.3, -0.25) is 9.48 Å². The Hall–Kier alpha value is -3.71. The van der Waals surface area contributed by atoms with Crippen molar-refractivity contribution >= 4 is 23.2 Å². The lowest BCUT2D eigenvalue weighted by Crippen LogP contribution is -2.29. The third-order valence-electron chi connectivity index (χ3n) is 6.05. The largest absolute Gasteiger partial charge is 0.497 e. The minimum absolute atomic E-state index is 0.0191. The fraction of sp³-hybridized carbons (Fsp3) is 0.192. The number of hydrogen-bond donors (Lipinski definition) is 0. The van der Waals surface area contributed by atoms with Crippen LogP contribution in [0.25, 0.3) is 11.3 Å². The van der Waals surface area contributed by atoms with Gasteiger partial charge in [0, 0.05) is 35.2 Å². The molecule has 1 aliphatic rings. The molecule has 0 unspecified atom stereocenters. The fourth-order valence-corrected chi connectivity index (χ4v) is 4.65. The summed E-state index contributed by atoms with van der Waals surface area (Å²) >= 11 is 6.08. The van der Waals surface area contributed by atoms with Gasteiger partial charge in [0.25, 0.3) is 0 Å². The van der Waals surface area contributed by atoms with Crippen LogP contribution < -0.4 is 9.64 Å². The quantitative estimate of drug-likeness (QED) is 0.366. The average molecular weight is 477 g/mol. The molecule has 1 aromatic heterocycles. The Balaban J connectivity index is 1.49. The van der Waals surface area contributed by atoms with Gasteiger partial charge in [0.05, 0.1) is 19.3 Å². The molecule has 6 nitrogen and oxygen atoms in total. The second-order valence-corrected chi connectivity index (χ2v) is 8.70. The molecule has 1 amide bonds. The van der Waals surface area contributed by atoms with Gasteiger partial charge in [0.1, 0.15) is 17.3 Å². The van der Waals surface area contributed by atoms with E-state index in [0.717, 1.165) is 17.0 Å². The first-order valence-corrected chi connectivity index (χ1v) is 11.3. The summed E-state index contributed by atoms with van der Waals surface area (Å²) in [4.78, 5) is 15.1. The summed E-state index contributed by atoms with van der Waals surface area (Å²) in [5, 5.41) is 9.08. The molecular formula is C26H22ClFN4O2. The van der Waals surface area contributed by atoms with E-state index in [-0.39, 0.29) is 23.7 Å². The predicted octanol–water partition coefficient (Wildman–Crippen LogP) is 5.54. The van der Waals surface area contributed by atoms with Crippen LogP contribution in [-0.2, 0) is 11.3 Å². The van der Waals surface area contributed by atoms with Gasteiger partial charge >= 0.3 is 0 Å². The topological polar surface area (TPSA) is 60.2 Å². The minimum Gasteiger partial charge on any atom is -0.497 e. The molecule has 1 saturated heterocycles. The highest BCUT2D eigenvalue weighted by Crippen LogP contribution is 2.43. The van der Waals surface area contributed by atoms with Gasteiger partial charge in [-0.15, -0.1) is 5.10 Å². The minimum atomic E-state index is -0.329. The Labute approximate surface area is 201 Å². The number of carbonyl (C=O) groups excluding carboxylic acids is 1. The third kappa shape index (κ3) is 4.39. The van der Waals surface area contributed by atoms with Crippen LogP contribution in [0.4, 0.5) is 10.1 Å². The monoisotopic (exact) mass is 476 g/mol. The number of benzene rings is 3. The van der Waals surface area contributed by atoms with Gasteiger partial charge in [-0.2, -0.15) is 0 Å². The SMILES string of the molecule is COc1cccc([C@H]2[C@H](Cn3cc(-c4cccc(F)c4)nn3)CC(=O)N2c2ccc(Cl)cc2)c1. The molecule has 172 valence electrons. The summed E-state index contributed by atoms with van der Waals surface area (Å²) in [6, 6.07) is 21.0. The van der Waals surface area contributed by atoms with Crippen LogP contribution in [0.15, 0.2) is 79.0 Å². The van der Waals surface area contributed by atoms with E-state index in [1.165, 1.54) is 12.1 Å². The van der Waals surface area contributed by atoms with Crippen molar-refractivity contribution in [2.24, 2.45) is 5.92 Å². The van der Waals surface area contributed by atoms with Crippen molar-refractivity contribution in [2.75, 3.05) is 12.0 Å². The molecule has 34 heavy (non-hydrogen) atoms. The van der Waals surface area contributed by atoms with Gasteiger partial charge in [-0.05, 0) is 54.1 Å². The second kappa shape index (κ2) is 9.27. The van der Waals surface area contributed by atoms with Gasteiger partial charge in [-0.25, -0.2) is 4.39 Å². The molecule has 1 fully saturated rings. The first-order chi connectivity index (χ1) is 16.5. The first kappa shape index (κ1) is 22.1. The number of hydrogen-bond acceptors (Lipinski definition) is 4. The summed E-state index contributed by atoms with van der Waals surface area (Å²) in [7, 11) is 1.62. The van der Waals surface area contributed by atoms with E-state index in [1.807, 2.05) is 41.3 Å². The predicted molar refractivity (Wildman–Crippen MR) is 128 cm³/mol. The molecule has 2 atom stereocenters. The van der Waals surface area contributed by atoms with E-state index in [2.05, 4.69) is 10.3 Å². The Bertz CT molecular complexity index is 1320. The standard InChI is InChI=1S/C26H22ClFN4O2/c1-34-23-7-3-5-18(13-23)26-19(14-25(33)32(26)22-10-8-20(27)9-11-22)15-31-16-24(29-30-31)17-4-2-6-21(28)12-17/h2-13,16,19,26H,14-15H2,1H3/t19-,26-/m0/s1. The maximum atomic E-state index is 13.6. The molecule has 0 bridgehead atoms. The number of methoxy groups -OCH3 is 1. The maximum Gasteiger partial charge on any atom is 0.228 e. The zero-order valence-corrected chi connectivity index (χ0v) is 19.2. The summed E-state index contributed by atoms with van der Waals surface area (Å²) < 4.78 is 20.8. The van der Waals surface area contributed by atoms with Crippen molar-refractivity contribution in [3.8, 4) is 17.0 Å². The molecule has 5 rings (SSSR count). The van der Waals surface area contributed by atoms with E-state index >= 15 is 0 Å². The Morgan fingerprint density at radius 2 is 1.88 bits per heavy atom. The molecule has 4 aromatic rings. The summed E-state index contributed by atoms with van der Waals surface area (Å²) in [6.45, 7) is 0.472. The molecule has 0 saturated carbocycles. The number of carbonyl (C=O) groups is 1.